The van der Waals surface area contributed by atoms with Crippen LogP contribution in [0.1, 0.15) is 30.5 Å². The van der Waals surface area contributed by atoms with Crippen molar-refractivity contribution in [1.29, 1.82) is 0 Å². The Bertz CT molecular complexity index is 739. The van der Waals surface area contributed by atoms with E-state index in [1.54, 1.807) is 0 Å². The predicted molar refractivity (Wildman–Crippen MR) is 116 cm³/mol. The Morgan fingerprint density at radius 2 is 1.75 bits per heavy atom. The number of likely N-dealkylation sites (N-methyl/N-ethyl adjacent to an activating group) is 1. The molecule has 0 spiro atoms. The average Bonchev–Trinajstić information content (AvgIpc) is 2.66. The Morgan fingerprint density at radius 1 is 1.11 bits per heavy atom. The van der Waals surface area contributed by atoms with Crippen molar-refractivity contribution < 1.29 is 9.53 Å². The highest BCUT2D eigenvalue weighted by Crippen LogP contribution is 2.22. The van der Waals surface area contributed by atoms with Crippen LogP contribution < -0.4 is 15.4 Å². The molecule has 0 bridgehead atoms. The van der Waals surface area contributed by atoms with Crippen LogP contribution in [0.3, 0.4) is 0 Å². The second-order valence-electron chi connectivity index (χ2n) is 7.29. The summed E-state index contributed by atoms with van der Waals surface area (Å²) in [5.74, 6) is 0.998. The van der Waals surface area contributed by atoms with E-state index < -0.39 is 0 Å². The molecule has 2 N–H and O–H groups in total. The Hall–Kier alpha value is -2.53. The van der Waals surface area contributed by atoms with E-state index in [4.69, 9.17) is 4.74 Å². The fourth-order valence-corrected chi connectivity index (χ4v) is 2.97. The normalized spacial score (nSPS) is 11.9. The molecule has 0 saturated heterocycles. The summed E-state index contributed by atoms with van der Waals surface area (Å²) in [5, 5.41) is 5.54. The summed E-state index contributed by atoms with van der Waals surface area (Å²) in [5.41, 5.74) is 4.40. The van der Waals surface area contributed by atoms with E-state index in [1.807, 2.05) is 19.1 Å². The van der Waals surface area contributed by atoms with E-state index in [0.29, 0.717) is 19.2 Å². The molecule has 0 fully saturated rings. The smallest absolute Gasteiger partial charge is 0.319 e. The summed E-state index contributed by atoms with van der Waals surface area (Å²) >= 11 is 0. The molecule has 5 nitrogen and oxygen atoms in total. The summed E-state index contributed by atoms with van der Waals surface area (Å²) in [6, 6.07) is 14.4. The number of ether oxygens (including phenoxy) is 1. The fourth-order valence-electron chi connectivity index (χ4n) is 2.97. The molecule has 0 radical (unpaired) electrons. The number of rotatable bonds is 9. The fraction of sp³-hybridized carbons (Fsp3) is 0.435. The van der Waals surface area contributed by atoms with Crippen LogP contribution in [0.2, 0.25) is 0 Å². The third-order valence-corrected chi connectivity index (χ3v) is 4.93. The predicted octanol–water partition coefficient (Wildman–Crippen LogP) is 4.39. The molecular formula is C23H33N3O2. The Morgan fingerprint density at radius 3 is 2.36 bits per heavy atom. The first-order valence-corrected chi connectivity index (χ1v) is 9.93. The number of para-hydroxylation sites is 1. The first-order chi connectivity index (χ1) is 13.4. The maximum atomic E-state index is 11.6. The van der Waals surface area contributed by atoms with Crippen LogP contribution in [0.5, 0.6) is 5.75 Å². The highest BCUT2D eigenvalue weighted by Gasteiger charge is 2.12. The van der Waals surface area contributed by atoms with Gasteiger partial charge in [-0.25, -0.2) is 4.79 Å². The van der Waals surface area contributed by atoms with Gasteiger partial charge in [-0.1, -0.05) is 30.3 Å². The van der Waals surface area contributed by atoms with E-state index in [1.165, 1.54) is 16.7 Å². The second-order valence-corrected chi connectivity index (χ2v) is 7.29. The summed E-state index contributed by atoms with van der Waals surface area (Å²) in [7, 11) is 2.13. The van der Waals surface area contributed by atoms with Crippen molar-refractivity contribution in [3.8, 4) is 5.75 Å². The SMILES string of the molecule is CCNC(=O)Nc1ccc(CCN(C)C(C)COc2c(C)cccc2C)cc1. The van der Waals surface area contributed by atoms with Crippen molar-refractivity contribution in [3.05, 3.63) is 59.2 Å². The van der Waals surface area contributed by atoms with Gasteiger partial charge in [0.2, 0.25) is 0 Å². The molecule has 1 unspecified atom stereocenters. The molecule has 0 heterocycles. The summed E-state index contributed by atoms with van der Waals surface area (Å²) in [4.78, 5) is 13.9. The number of nitrogens with zero attached hydrogens (tertiary/aromatic N) is 1. The van der Waals surface area contributed by atoms with E-state index in [2.05, 4.69) is 73.7 Å². The van der Waals surface area contributed by atoms with Crippen LogP contribution in [0.4, 0.5) is 10.5 Å². The van der Waals surface area contributed by atoms with E-state index in [-0.39, 0.29) is 6.03 Å². The number of carbonyl (C=O) groups is 1. The maximum Gasteiger partial charge on any atom is 0.319 e. The molecule has 2 rings (SSSR count). The molecule has 0 aliphatic heterocycles. The Kier molecular flexibility index (Phi) is 8.33. The van der Waals surface area contributed by atoms with Gasteiger partial charge < -0.3 is 15.4 Å². The number of anilines is 1. The van der Waals surface area contributed by atoms with Gasteiger partial charge in [0.15, 0.2) is 0 Å². The van der Waals surface area contributed by atoms with Gasteiger partial charge in [0.25, 0.3) is 0 Å². The molecule has 2 aromatic rings. The topological polar surface area (TPSA) is 53.6 Å². The first kappa shape index (κ1) is 21.8. The van der Waals surface area contributed by atoms with Gasteiger partial charge in [-0.2, -0.15) is 0 Å². The number of benzene rings is 2. The number of hydrogen-bond acceptors (Lipinski definition) is 3. The summed E-state index contributed by atoms with van der Waals surface area (Å²) in [6.07, 6.45) is 0.950. The largest absolute Gasteiger partial charge is 0.491 e. The maximum absolute atomic E-state index is 11.6. The van der Waals surface area contributed by atoms with Crippen molar-refractivity contribution in [2.24, 2.45) is 0 Å². The molecule has 2 amide bonds. The average molecular weight is 384 g/mol. The zero-order valence-corrected chi connectivity index (χ0v) is 17.7. The van der Waals surface area contributed by atoms with E-state index in [0.717, 1.165) is 24.4 Å². The molecule has 2 aromatic carbocycles. The first-order valence-electron chi connectivity index (χ1n) is 9.93. The van der Waals surface area contributed by atoms with Crippen LogP contribution in [0.25, 0.3) is 0 Å². The monoisotopic (exact) mass is 383 g/mol. The van der Waals surface area contributed by atoms with Crippen molar-refractivity contribution >= 4 is 11.7 Å². The van der Waals surface area contributed by atoms with Crippen LogP contribution >= 0.6 is 0 Å². The number of aryl methyl sites for hydroxylation is 2. The third kappa shape index (κ3) is 6.57. The highest BCUT2D eigenvalue weighted by molar-refractivity contribution is 5.89. The van der Waals surface area contributed by atoms with Crippen LogP contribution in [-0.2, 0) is 6.42 Å². The minimum absolute atomic E-state index is 0.173. The zero-order chi connectivity index (χ0) is 20.5. The lowest BCUT2D eigenvalue weighted by Crippen LogP contribution is -2.35. The minimum atomic E-state index is -0.173. The standard InChI is InChI=1S/C23H33N3O2/c1-6-24-23(27)25-21-12-10-20(11-13-21)14-15-26(5)19(4)16-28-22-17(2)8-7-9-18(22)3/h7-13,19H,6,14-16H2,1-5H3,(H2,24,25,27). The molecule has 0 saturated carbocycles. The minimum Gasteiger partial charge on any atom is -0.491 e. The van der Waals surface area contributed by atoms with Gasteiger partial charge in [0.05, 0.1) is 0 Å². The van der Waals surface area contributed by atoms with Gasteiger partial charge in [-0.15, -0.1) is 0 Å². The number of hydrogen-bond donors (Lipinski definition) is 2. The molecule has 1 atom stereocenters. The quantitative estimate of drug-likeness (QED) is 0.675. The van der Waals surface area contributed by atoms with Gasteiger partial charge >= 0.3 is 6.03 Å². The van der Waals surface area contributed by atoms with Crippen LogP contribution in [0.15, 0.2) is 42.5 Å². The third-order valence-electron chi connectivity index (χ3n) is 4.93. The molecule has 0 aliphatic rings. The van der Waals surface area contributed by atoms with Crippen molar-refractivity contribution in [1.82, 2.24) is 10.2 Å². The van der Waals surface area contributed by atoms with Crippen molar-refractivity contribution in [2.75, 3.05) is 32.1 Å². The van der Waals surface area contributed by atoms with Crippen molar-refractivity contribution in [2.45, 2.75) is 40.2 Å². The van der Waals surface area contributed by atoms with Crippen LogP contribution in [0, 0.1) is 13.8 Å². The highest BCUT2D eigenvalue weighted by atomic mass is 16.5. The molecule has 28 heavy (non-hydrogen) atoms. The zero-order valence-electron chi connectivity index (χ0n) is 17.7. The lowest BCUT2D eigenvalue weighted by molar-refractivity contribution is 0.173. The Balaban J connectivity index is 1.79. The second kappa shape index (κ2) is 10.7. The number of nitrogens with one attached hydrogen (secondary N) is 2. The van der Waals surface area contributed by atoms with Gasteiger partial charge in [-0.05, 0) is 70.0 Å². The number of carbonyl (C=O) groups excluding carboxylic acids is 1. The number of urea groups is 1. The van der Waals surface area contributed by atoms with Gasteiger partial charge in [0, 0.05) is 24.8 Å². The molecular weight excluding hydrogens is 350 g/mol. The van der Waals surface area contributed by atoms with E-state index in [9.17, 15) is 4.79 Å². The van der Waals surface area contributed by atoms with Gasteiger partial charge in [0.1, 0.15) is 12.4 Å². The summed E-state index contributed by atoms with van der Waals surface area (Å²) in [6.45, 7) is 10.5. The lowest BCUT2D eigenvalue weighted by atomic mass is 10.1. The lowest BCUT2D eigenvalue weighted by Gasteiger charge is -2.25. The van der Waals surface area contributed by atoms with Gasteiger partial charge in [-0.3, -0.25) is 4.90 Å². The molecule has 0 aromatic heterocycles. The number of amides is 2. The summed E-state index contributed by atoms with van der Waals surface area (Å²) < 4.78 is 6.09. The van der Waals surface area contributed by atoms with Crippen LogP contribution in [-0.4, -0.2) is 43.7 Å². The molecule has 0 aliphatic carbocycles. The molecule has 5 heteroatoms. The van der Waals surface area contributed by atoms with Crippen molar-refractivity contribution in [3.63, 3.8) is 0 Å². The molecule has 152 valence electrons. The van der Waals surface area contributed by atoms with E-state index >= 15 is 0 Å². The Labute approximate surface area is 169 Å².